The number of rotatable bonds is 2. The van der Waals surface area contributed by atoms with Crippen LogP contribution in [0.5, 0.6) is 0 Å². The Bertz CT molecular complexity index is 1720. The first-order valence-electron chi connectivity index (χ1n) is 11.6. The Morgan fingerprint density at radius 1 is 0.529 bits per heavy atom. The molecular formula is C32H22N2. The molecule has 7 rings (SSSR count). The maximum atomic E-state index is 3.61. The van der Waals surface area contributed by atoms with Crippen molar-refractivity contribution in [1.29, 1.82) is 0 Å². The van der Waals surface area contributed by atoms with Crippen LogP contribution in [0.4, 0.5) is 11.4 Å². The first kappa shape index (κ1) is 19.0. The number of aromatic nitrogens is 1. The van der Waals surface area contributed by atoms with Gasteiger partial charge in [0.25, 0.3) is 0 Å². The molecule has 0 saturated heterocycles. The fourth-order valence-corrected chi connectivity index (χ4v) is 5.18. The standard InChI is InChI=1S/C32H22N2/c1-2-10-25(11-3-1)34-30-15-7-5-12-27(30)32-26(13-8-16-31(32)34)23-19-20-29-24(21-23)18-17-22-9-4-6-14-28(22)33-29/h1-21,33H. The van der Waals surface area contributed by atoms with Gasteiger partial charge in [0.2, 0.25) is 0 Å². The maximum absolute atomic E-state index is 3.61. The molecule has 0 amide bonds. The Hall–Kier alpha value is -4.56. The third kappa shape index (κ3) is 2.89. The highest BCUT2D eigenvalue weighted by Crippen LogP contribution is 2.40. The van der Waals surface area contributed by atoms with Gasteiger partial charge in [-0.2, -0.15) is 0 Å². The summed E-state index contributed by atoms with van der Waals surface area (Å²) in [6.07, 6.45) is 4.41. The van der Waals surface area contributed by atoms with Crippen molar-refractivity contribution < 1.29 is 0 Å². The Labute approximate surface area is 198 Å². The second kappa shape index (κ2) is 7.50. The van der Waals surface area contributed by atoms with E-state index in [1.54, 1.807) is 0 Å². The zero-order valence-corrected chi connectivity index (χ0v) is 18.6. The van der Waals surface area contributed by atoms with Crippen molar-refractivity contribution in [3.63, 3.8) is 0 Å². The molecule has 0 spiro atoms. The molecule has 0 saturated carbocycles. The number of hydrogen-bond acceptors (Lipinski definition) is 1. The van der Waals surface area contributed by atoms with E-state index in [9.17, 15) is 0 Å². The van der Waals surface area contributed by atoms with Gasteiger partial charge in [0, 0.05) is 27.8 Å². The van der Waals surface area contributed by atoms with Gasteiger partial charge in [-0.15, -0.1) is 0 Å². The first-order chi connectivity index (χ1) is 16.9. The molecule has 1 N–H and O–H groups in total. The summed E-state index contributed by atoms with van der Waals surface area (Å²) < 4.78 is 2.37. The molecule has 6 aromatic rings. The first-order valence-corrected chi connectivity index (χ1v) is 11.6. The SMILES string of the molecule is C1=Cc2cc(-c3cccc4c3c3ccccc3n4-c3ccccc3)ccc2Nc2ccccc21. The van der Waals surface area contributed by atoms with E-state index in [-0.39, 0.29) is 0 Å². The lowest BCUT2D eigenvalue weighted by Gasteiger charge is -2.12. The van der Waals surface area contributed by atoms with E-state index < -0.39 is 0 Å². The largest absolute Gasteiger partial charge is 0.355 e. The molecule has 5 aromatic carbocycles. The molecule has 1 aromatic heterocycles. The van der Waals surface area contributed by atoms with Crippen LogP contribution in [0.2, 0.25) is 0 Å². The Morgan fingerprint density at radius 3 is 2.21 bits per heavy atom. The Kier molecular flexibility index (Phi) is 4.18. The van der Waals surface area contributed by atoms with Crippen molar-refractivity contribution in [2.45, 2.75) is 0 Å². The lowest BCUT2D eigenvalue weighted by atomic mass is 9.97. The second-order valence-corrected chi connectivity index (χ2v) is 8.74. The van der Waals surface area contributed by atoms with E-state index in [4.69, 9.17) is 0 Å². The van der Waals surface area contributed by atoms with E-state index in [0.29, 0.717) is 0 Å². The summed E-state index contributed by atoms with van der Waals surface area (Å²) >= 11 is 0. The van der Waals surface area contributed by atoms with Crippen LogP contribution >= 0.6 is 0 Å². The lowest BCUT2D eigenvalue weighted by molar-refractivity contribution is 1.18. The lowest BCUT2D eigenvalue weighted by Crippen LogP contribution is -1.94. The van der Waals surface area contributed by atoms with Gasteiger partial charge in [-0.3, -0.25) is 0 Å². The van der Waals surface area contributed by atoms with Crippen molar-refractivity contribution in [3.05, 3.63) is 126 Å². The van der Waals surface area contributed by atoms with Gasteiger partial charge in [-0.05, 0) is 64.7 Å². The molecule has 0 atom stereocenters. The topological polar surface area (TPSA) is 17.0 Å². The zero-order valence-electron chi connectivity index (χ0n) is 18.6. The molecule has 2 heterocycles. The van der Waals surface area contributed by atoms with Gasteiger partial charge >= 0.3 is 0 Å². The number of nitrogens with zero attached hydrogens (tertiary/aromatic N) is 1. The van der Waals surface area contributed by atoms with Crippen LogP contribution in [0.15, 0.2) is 115 Å². The third-order valence-corrected chi connectivity index (χ3v) is 6.75. The van der Waals surface area contributed by atoms with Gasteiger partial charge in [0.05, 0.1) is 11.0 Å². The molecular weight excluding hydrogens is 412 g/mol. The summed E-state index contributed by atoms with van der Waals surface area (Å²) in [5.41, 5.74) is 10.8. The minimum atomic E-state index is 1.13. The monoisotopic (exact) mass is 434 g/mol. The molecule has 1 aliphatic rings. The van der Waals surface area contributed by atoms with Crippen molar-refractivity contribution in [2.24, 2.45) is 0 Å². The van der Waals surface area contributed by atoms with Crippen molar-refractivity contribution >= 4 is 45.3 Å². The van der Waals surface area contributed by atoms with Crippen LogP contribution in [0.25, 0.3) is 50.8 Å². The highest BCUT2D eigenvalue weighted by Gasteiger charge is 2.16. The number of fused-ring (bicyclic) bond motifs is 5. The van der Waals surface area contributed by atoms with Crippen molar-refractivity contribution in [3.8, 4) is 16.8 Å². The molecule has 34 heavy (non-hydrogen) atoms. The fourth-order valence-electron chi connectivity index (χ4n) is 5.18. The molecule has 0 aliphatic carbocycles. The predicted molar refractivity (Wildman–Crippen MR) is 145 cm³/mol. The van der Waals surface area contributed by atoms with Crippen LogP contribution in [0, 0.1) is 0 Å². The molecule has 0 bridgehead atoms. The molecule has 0 unspecified atom stereocenters. The van der Waals surface area contributed by atoms with Crippen LogP contribution in [0.3, 0.4) is 0 Å². The Morgan fingerprint density at radius 2 is 1.26 bits per heavy atom. The maximum Gasteiger partial charge on any atom is 0.0547 e. The summed E-state index contributed by atoms with van der Waals surface area (Å²) in [5.74, 6) is 0. The highest BCUT2D eigenvalue weighted by atomic mass is 15.0. The summed E-state index contributed by atoms with van der Waals surface area (Å²) in [6.45, 7) is 0. The average molecular weight is 435 g/mol. The van der Waals surface area contributed by atoms with Crippen molar-refractivity contribution in [2.75, 3.05) is 5.32 Å². The van der Waals surface area contributed by atoms with Crippen LogP contribution < -0.4 is 5.32 Å². The van der Waals surface area contributed by atoms with E-state index in [1.807, 2.05) is 0 Å². The molecule has 1 aliphatic heterocycles. The highest BCUT2D eigenvalue weighted by molar-refractivity contribution is 6.15. The second-order valence-electron chi connectivity index (χ2n) is 8.74. The Balaban J connectivity index is 1.46. The van der Waals surface area contributed by atoms with Crippen molar-refractivity contribution in [1.82, 2.24) is 4.57 Å². The van der Waals surface area contributed by atoms with Gasteiger partial charge in [-0.25, -0.2) is 0 Å². The molecule has 160 valence electrons. The average Bonchev–Trinajstić information content (AvgIpc) is 3.12. The minimum absolute atomic E-state index is 1.13. The fraction of sp³-hybridized carbons (Fsp3) is 0. The van der Waals surface area contributed by atoms with Crippen LogP contribution in [0.1, 0.15) is 11.1 Å². The van der Waals surface area contributed by atoms with Gasteiger partial charge in [0.15, 0.2) is 0 Å². The number of nitrogens with one attached hydrogen (secondary N) is 1. The van der Waals surface area contributed by atoms with Gasteiger partial charge < -0.3 is 9.88 Å². The van der Waals surface area contributed by atoms with E-state index in [0.717, 1.165) is 11.4 Å². The smallest absolute Gasteiger partial charge is 0.0547 e. The number of benzene rings is 5. The van der Waals surface area contributed by atoms with Gasteiger partial charge in [0.1, 0.15) is 0 Å². The van der Waals surface area contributed by atoms with Gasteiger partial charge in [-0.1, -0.05) is 84.9 Å². The minimum Gasteiger partial charge on any atom is -0.355 e. The summed E-state index contributed by atoms with van der Waals surface area (Å²) in [6, 6.07) is 41.1. The quantitative estimate of drug-likeness (QED) is 0.288. The predicted octanol–water partition coefficient (Wildman–Crippen LogP) is 8.68. The number of para-hydroxylation sites is 3. The summed E-state index contributed by atoms with van der Waals surface area (Å²) in [4.78, 5) is 0. The van der Waals surface area contributed by atoms with E-state index >= 15 is 0 Å². The van der Waals surface area contributed by atoms with E-state index in [2.05, 4.69) is 137 Å². The third-order valence-electron chi connectivity index (χ3n) is 6.75. The molecule has 2 nitrogen and oxygen atoms in total. The number of anilines is 2. The van der Waals surface area contributed by atoms with E-state index in [1.165, 1.54) is 49.7 Å². The number of hydrogen-bond donors (Lipinski definition) is 1. The summed E-state index contributed by atoms with van der Waals surface area (Å²) in [5, 5.41) is 6.17. The molecule has 2 heteroatoms. The normalized spacial score (nSPS) is 12.2. The summed E-state index contributed by atoms with van der Waals surface area (Å²) in [7, 11) is 0. The molecule has 0 fully saturated rings. The zero-order chi connectivity index (χ0) is 22.5. The van der Waals surface area contributed by atoms with Crippen LogP contribution in [-0.4, -0.2) is 4.57 Å². The molecule has 0 radical (unpaired) electrons. The van der Waals surface area contributed by atoms with Crippen LogP contribution in [-0.2, 0) is 0 Å².